The first-order valence-electron chi connectivity index (χ1n) is 15.5. The van der Waals surface area contributed by atoms with Gasteiger partial charge in [0.2, 0.25) is 5.91 Å². The zero-order chi connectivity index (χ0) is 30.2. The molecule has 2 amide bonds. The minimum absolute atomic E-state index is 0.0384. The zero-order valence-electron chi connectivity index (χ0n) is 26.0. The standard InChI is InChI=1S/C32H48N4O6/c1-19(2)24(18-41-6)27-28(34-27)29(37)20-14-21(17-33-16-20)30(38)36(22-8-9-22)23-10-11-26-25(15-23)35(12-7-13-40-5)31(39)32(3,4)42-26/h10-11,15,19-22,24,27-28,33-34H,7-9,12-14,16-18H2,1-6H3/t20-,21+,24?,27?,28?/m0/s1. The second-order valence-corrected chi connectivity index (χ2v) is 13.2. The van der Waals surface area contributed by atoms with Crippen LogP contribution in [0.5, 0.6) is 5.75 Å². The van der Waals surface area contributed by atoms with E-state index in [-0.39, 0.29) is 53.5 Å². The summed E-state index contributed by atoms with van der Waals surface area (Å²) in [6.07, 6.45) is 3.11. The quantitative estimate of drug-likeness (QED) is 0.268. The van der Waals surface area contributed by atoms with E-state index in [1.807, 2.05) is 23.1 Å². The van der Waals surface area contributed by atoms with Crippen molar-refractivity contribution in [2.45, 2.75) is 77.1 Å². The maximum atomic E-state index is 14.1. The first kappa shape index (κ1) is 30.9. The highest BCUT2D eigenvalue weighted by molar-refractivity contribution is 6.04. The Morgan fingerprint density at radius 2 is 1.88 bits per heavy atom. The summed E-state index contributed by atoms with van der Waals surface area (Å²) >= 11 is 0. The molecule has 10 nitrogen and oxygen atoms in total. The Labute approximate surface area is 249 Å². The monoisotopic (exact) mass is 584 g/mol. The lowest BCUT2D eigenvalue weighted by Gasteiger charge is -2.39. The fraction of sp³-hybridized carbons (Fsp3) is 0.719. The first-order chi connectivity index (χ1) is 20.1. The predicted octanol–water partition coefficient (Wildman–Crippen LogP) is 2.78. The number of piperidine rings is 1. The summed E-state index contributed by atoms with van der Waals surface area (Å²) in [5.41, 5.74) is 0.477. The Bertz CT molecular complexity index is 1170. The minimum atomic E-state index is -0.975. The minimum Gasteiger partial charge on any atom is -0.476 e. The summed E-state index contributed by atoms with van der Waals surface area (Å²) in [6.45, 7) is 10.7. The summed E-state index contributed by atoms with van der Waals surface area (Å²) < 4.78 is 16.7. The average Bonchev–Trinajstić information content (AvgIpc) is 3.90. The van der Waals surface area contributed by atoms with Gasteiger partial charge in [-0.2, -0.15) is 0 Å². The Morgan fingerprint density at radius 3 is 2.55 bits per heavy atom. The number of amides is 2. The molecule has 0 radical (unpaired) electrons. The predicted molar refractivity (Wildman–Crippen MR) is 161 cm³/mol. The molecule has 0 spiro atoms. The Morgan fingerprint density at radius 1 is 1.14 bits per heavy atom. The smallest absolute Gasteiger partial charge is 0.270 e. The number of benzene rings is 1. The van der Waals surface area contributed by atoms with E-state index >= 15 is 0 Å². The van der Waals surface area contributed by atoms with Crippen LogP contribution in [0.1, 0.15) is 53.4 Å². The van der Waals surface area contributed by atoms with Crippen molar-refractivity contribution < 1.29 is 28.6 Å². The molecule has 1 aliphatic carbocycles. The SMILES string of the molecule is COCCCN1C(=O)C(C)(C)Oc2ccc(N(C(=O)[C@H]3CNC[C@@H](C(=O)C4NC4C(COC)C(C)C)C3)C3CC3)cc21. The number of methoxy groups -OCH3 is 2. The van der Waals surface area contributed by atoms with Crippen LogP contribution in [-0.2, 0) is 23.9 Å². The molecule has 4 aliphatic rings. The van der Waals surface area contributed by atoms with Crippen molar-refractivity contribution in [3.05, 3.63) is 18.2 Å². The molecule has 3 aliphatic heterocycles. The van der Waals surface area contributed by atoms with Crippen molar-refractivity contribution in [1.29, 1.82) is 0 Å². The summed E-state index contributed by atoms with van der Waals surface area (Å²) in [4.78, 5) is 44.6. The van der Waals surface area contributed by atoms with E-state index in [0.29, 0.717) is 63.0 Å². The lowest BCUT2D eigenvalue weighted by molar-refractivity contribution is -0.132. The second kappa shape index (κ2) is 12.6. The van der Waals surface area contributed by atoms with E-state index in [0.717, 1.165) is 18.5 Å². The van der Waals surface area contributed by atoms with Crippen LogP contribution in [0, 0.1) is 23.7 Å². The molecule has 5 rings (SSSR count). The molecule has 1 aromatic carbocycles. The zero-order valence-corrected chi connectivity index (χ0v) is 26.0. The van der Waals surface area contributed by atoms with Crippen LogP contribution in [0.4, 0.5) is 11.4 Å². The molecule has 3 heterocycles. The highest BCUT2D eigenvalue weighted by Crippen LogP contribution is 2.43. The first-order valence-corrected chi connectivity index (χ1v) is 15.5. The molecular weight excluding hydrogens is 536 g/mol. The van der Waals surface area contributed by atoms with E-state index in [4.69, 9.17) is 14.2 Å². The van der Waals surface area contributed by atoms with Crippen LogP contribution in [0.2, 0.25) is 0 Å². The Balaban J connectivity index is 1.32. The van der Waals surface area contributed by atoms with Crippen molar-refractivity contribution in [3.8, 4) is 5.75 Å². The number of ether oxygens (including phenoxy) is 3. The number of carbonyl (C=O) groups is 3. The highest BCUT2D eigenvalue weighted by atomic mass is 16.5. The molecule has 232 valence electrons. The van der Waals surface area contributed by atoms with Crippen molar-refractivity contribution in [2.24, 2.45) is 23.7 Å². The number of ketones is 1. The van der Waals surface area contributed by atoms with Gasteiger partial charge < -0.3 is 34.6 Å². The lowest BCUT2D eigenvalue weighted by atomic mass is 9.83. The number of hydrogen-bond acceptors (Lipinski definition) is 8. The number of hydrogen-bond donors (Lipinski definition) is 2. The van der Waals surface area contributed by atoms with Gasteiger partial charge in [-0.05, 0) is 63.6 Å². The van der Waals surface area contributed by atoms with Crippen LogP contribution in [0.15, 0.2) is 18.2 Å². The molecule has 2 N–H and O–H groups in total. The molecule has 3 fully saturated rings. The third-order valence-corrected chi connectivity index (χ3v) is 9.22. The lowest BCUT2D eigenvalue weighted by Crippen LogP contribution is -2.53. The number of nitrogens with zero attached hydrogens (tertiary/aromatic N) is 2. The summed E-state index contributed by atoms with van der Waals surface area (Å²) in [5, 5.41) is 6.79. The second-order valence-electron chi connectivity index (χ2n) is 13.2. The van der Waals surface area contributed by atoms with Gasteiger partial charge in [0, 0.05) is 70.1 Å². The Hall–Kier alpha value is -2.53. The molecule has 1 aromatic rings. The third kappa shape index (κ3) is 6.37. The molecule has 42 heavy (non-hydrogen) atoms. The summed E-state index contributed by atoms with van der Waals surface area (Å²) in [5.74, 6) is 0.945. The number of anilines is 2. The van der Waals surface area contributed by atoms with Crippen LogP contribution in [-0.4, -0.2) is 88.4 Å². The Kier molecular flexibility index (Phi) is 9.27. The fourth-order valence-corrected chi connectivity index (χ4v) is 6.63. The molecule has 0 aromatic heterocycles. The summed E-state index contributed by atoms with van der Waals surface area (Å²) in [6, 6.07) is 5.81. The normalized spacial score (nSPS) is 27.3. The van der Waals surface area contributed by atoms with Crippen molar-refractivity contribution in [3.63, 3.8) is 0 Å². The van der Waals surface area contributed by atoms with Gasteiger partial charge in [0.15, 0.2) is 11.4 Å². The van der Waals surface area contributed by atoms with E-state index in [2.05, 4.69) is 24.5 Å². The molecule has 1 saturated carbocycles. The van der Waals surface area contributed by atoms with Crippen LogP contribution < -0.4 is 25.2 Å². The number of nitrogens with one attached hydrogen (secondary N) is 2. The van der Waals surface area contributed by atoms with Crippen LogP contribution in [0.25, 0.3) is 0 Å². The van der Waals surface area contributed by atoms with Crippen molar-refractivity contribution in [2.75, 3.05) is 56.9 Å². The largest absolute Gasteiger partial charge is 0.476 e. The maximum Gasteiger partial charge on any atom is 0.270 e. The highest BCUT2D eigenvalue weighted by Gasteiger charge is 2.51. The van der Waals surface area contributed by atoms with Gasteiger partial charge in [0.25, 0.3) is 5.91 Å². The molecule has 0 bridgehead atoms. The van der Waals surface area contributed by atoms with E-state index in [1.54, 1.807) is 33.0 Å². The van der Waals surface area contributed by atoms with Gasteiger partial charge in [-0.3, -0.25) is 14.4 Å². The molecule has 3 unspecified atom stereocenters. The van der Waals surface area contributed by atoms with E-state index in [9.17, 15) is 14.4 Å². The number of carbonyl (C=O) groups excluding carboxylic acids is 3. The number of Topliss-reactive ketones (excluding diaryl/α,β-unsaturated/α-hetero) is 1. The molecule has 10 heteroatoms. The topological polar surface area (TPSA) is 119 Å². The van der Waals surface area contributed by atoms with Gasteiger partial charge in [-0.15, -0.1) is 0 Å². The van der Waals surface area contributed by atoms with E-state index in [1.165, 1.54) is 0 Å². The summed E-state index contributed by atoms with van der Waals surface area (Å²) in [7, 11) is 3.35. The van der Waals surface area contributed by atoms with E-state index < -0.39 is 5.60 Å². The van der Waals surface area contributed by atoms with Gasteiger partial charge in [-0.1, -0.05) is 13.8 Å². The average molecular weight is 585 g/mol. The van der Waals surface area contributed by atoms with Crippen LogP contribution >= 0.6 is 0 Å². The third-order valence-electron chi connectivity index (χ3n) is 9.22. The van der Waals surface area contributed by atoms with Gasteiger partial charge in [0.1, 0.15) is 5.75 Å². The molecular formula is C32H48N4O6. The number of fused-ring (bicyclic) bond motifs is 1. The fourth-order valence-electron chi connectivity index (χ4n) is 6.63. The van der Waals surface area contributed by atoms with Crippen molar-refractivity contribution in [1.82, 2.24) is 10.6 Å². The molecule has 5 atom stereocenters. The van der Waals surface area contributed by atoms with Gasteiger partial charge >= 0.3 is 0 Å². The maximum absolute atomic E-state index is 14.1. The van der Waals surface area contributed by atoms with Crippen molar-refractivity contribution >= 4 is 29.0 Å². The molecule has 2 saturated heterocycles. The van der Waals surface area contributed by atoms with Gasteiger partial charge in [0.05, 0.1) is 24.3 Å². The number of rotatable bonds is 13. The van der Waals surface area contributed by atoms with Gasteiger partial charge in [-0.25, -0.2) is 0 Å². The van der Waals surface area contributed by atoms with Crippen LogP contribution in [0.3, 0.4) is 0 Å².